The summed E-state index contributed by atoms with van der Waals surface area (Å²) in [5.41, 5.74) is 0.977. The fraction of sp³-hybridized carbons (Fsp3) is 0.0714. The highest BCUT2D eigenvalue weighted by molar-refractivity contribution is 9.10. The zero-order chi connectivity index (χ0) is 13.8. The molecule has 0 aliphatic heterocycles. The summed E-state index contributed by atoms with van der Waals surface area (Å²) in [7, 11) is 1.54. The second-order valence-corrected chi connectivity index (χ2v) is 4.66. The summed E-state index contributed by atoms with van der Waals surface area (Å²) in [6.07, 6.45) is 0. The van der Waals surface area contributed by atoms with Crippen LogP contribution in [-0.4, -0.2) is 13.0 Å². The first-order valence-corrected chi connectivity index (χ1v) is 6.30. The number of hydrogen-bond donors (Lipinski definition) is 1. The third-order valence-corrected chi connectivity index (χ3v) is 3.17. The highest BCUT2D eigenvalue weighted by Crippen LogP contribution is 2.24. The molecule has 0 saturated heterocycles. The standard InChI is InChI=1S/C14H11BrFNO2/c1-19-11-4-2-3-9(7-11)14(18)17-13-6-5-10(16)8-12(13)15/h2-8H,1H3,(H,17,18). The van der Waals surface area contributed by atoms with E-state index in [2.05, 4.69) is 21.2 Å². The zero-order valence-corrected chi connectivity index (χ0v) is 11.7. The van der Waals surface area contributed by atoms with Crippen LogP contribution in [0.3, 0.4) is 0 Å². The van der Waals surface area contributed by atoms with Crippen molar-refractivity contribution in [2.75, 3.05) is 12.4 Å². The van der Waals surface area contributed by atoms with Gasteiger partial charge in [0.25, 0.3) is 5.91 Å². The molecule has 0 radical (unpaired) electrons. The summed E-state index contributed by atoms with van der Waals surface area (Å²) in [4.78, 5) is 12.0. The minimum absolute atomic E-state index is 0.286. The first-order valence-electron chi connectivity index (χ1n) is 5.50. The zero-order valence-electron chi connectivity index (χ0n) is 10.1. The monoisotopic (exact) mass is 323 g/mol. The lowest BCUT2D eigenvalue weighted by atomic mass is 10.2. The number of methoxy groups -OCH3 is 1. The van der Waals surface area contributed by atoms with Crippen molar-refractivity contribution in [1.29, 1.82) is 0 Å². The number of nitrogens with one attached hydrogen (secondary N) is 1. The third-order valence-electron chi connectivity index (χ3n) is 2.51. The molecule has 19 heavy (non-hydrogen) atoms. The first kappa shape index (κ1) is 13.5. The number of carbonyl (C=O) groups is 1. The lowest BCUT2D eigenvalue weighted by Gasteiger charge is -2.08. The molecular formula is C14H11BrFNO2. The van der Waals surface area contributed by atoms with E-state index in [0.29, 0.717) is 21.5 Å². The minimum atomic E-state index is -0.369. The summed E-state index contributed by atoms with van der Waals surface area (Å²) >= 11 is 3.20. The number of anilines is 1. The number of benzene rings is 2. The molecule has 0 spiro atoms. The molecule has 0 fully saturated rings. The fourth-order valence-corrected chi connectivity index (χ4v) is 2.00. The summed E-state index contributed by atoms with van der Waals surface area (Å²) in [6, 6.07) is 10.9. The van der Waals surface area contributed by atoms with E-state index in [1.54, 1.807) is 24.3 Å². The summed E-state index contributed by atoms with van der Waals surface area (Å²) in [5, 5.41) is 2.70. The fourth-order valence-electron chi connectivity index (χ4n) is 1.55. The van der Waals surface area contributed by atoms with Crippen molar-refractivity contribution in [2.24, 2.45) is 0 Å². The predicted octanol–water partition coefficient (Wildman–Crippen LogP) is 3.85. The highest BCUT2D eigenvalue weighted by atomic mass is 79.9. The topological polar surface area (TPSA) is 38.3 Å². The van der Waals surface area contributed by atoms with E-state index in [4.69, 9.17) is 4.74 Å². The van der Waals surface area contributed by atoms with Gasteiger partial charge < -0.3 is 10.1 Å². The van der Waals surface area contributed by atoms with Crippen LogP contribution in [-0.2, 0) is 0 Å². The molecule has 0 aliphatic rings. The van der Waals surface area contributed by atoms with Gasteiger partial charge in [-0.2, -0.15) is 0 Å². The Morgan fingerprint density at radius 2 is 2.05 bits per heavy atom. The molecule has 0 aromatic heterocycles. The van der Waals surface area contributed by atoms with Gasteiger partial charge in [0.2, 0.25) is 0 Å². The smallest absolute Gasteiger partial charge is 0.255 e. The Labute approximate surface area is 118 Å². The van der Waals surface area contributed by atoms with Gasteiger partial charge in [0.15, 0.2) is 0 Å². The van der Waals surface area contributed by atoms with Gasteiger partial charge >= 0.3 is 0 Å². The van der Waals surface area contributed by atoms with Crippen molar-refractivity contribution < 1.29 is 13.9 Å². The van der Waals surface area contributed by atoms with Crippen LogP contribution in [0.4, 0.5) is 10.1 Å². The van der Waals surface area contributed by atoms with Gasteiger partial charge in [0.05, 0.1) is 12.8 Å². The molecule has 0 saturated carbocycles. The van der Waals surface area contributed by atoms with E-state index < -0.39 is 0 Å². The Morgan fingerprint density at radius 1 is 1.26 bits per heavy atom. The maximum absolute atomic E-state index is 12.9. The van der Waals surface area contributed by atoms with E-state index >= 15 is 0 Å². The van der Waals surface area contributed by atoms with Crippen molar-refractivity contribution in [3.63, 3.8) is 0 Å². The molecule has 2 aromatic rings. The number of rotatable bonds is 3. The number of halogens is 2. The molecule has 0 heterocycles. The third kappa shape index (κ3) is 3.32. The number of hydrogen-bond acceptors (Lipinski definition) is 2. The van der Waals surface area contributed by atoms with E-state index in [-0.39, 0.29) is 11.7 Å². The lowest BCUT2D eigenvalue weighted by molar-refractivity contribution is 0.102. The van der Waals surface area contributed by atoms with Gasteiger partial charge in [-0.05, 0) is 52.3 Å². The van der Waals surface area contributed by atoms with Crippen molar-refractivity contribution in [1.82, 2.24) is 0 Å². The quantitative estimate of drug-likeness (QED) is 0.931. The molecule has 2 aromatic carbocycles. The molecular weight excluding hydrogens is 313 g/mol. The minimum Gasteiger partial charge on any atom is -0.497 e. The molecule has 3 nitrogen and oxygen atoms in total. The second-order valence-electron chi connectivity index (χ2n) is 3.81. The normalized spacial score (nSPS) is 10.1. The Hall–Kier alpha value is -1.88. The van der Waals surface area contributed by atoms with Gasteiger partial charge in [-0.3, -0.25) is 4.79 Å². The molecule has 0 unspecified atom stereocenters. The van der Waals surface area contributed by atoms with Crippen molar-refractivity contribution >= 4 is 27.5 Å². The Kier molecular flexibility index (Phi) is 4.16. The van der Waals surface area contributed by atoms with Gasteiger partial charge in [0, 0.05) is 10.0 Å². The summed E-state index contributed by atoms with van der Waals surface area (Å²) in [5.74, 6) is -0.0525. The van der Waals surface area contributed by atoms with Crippen LogP contribution < -0.4 is 10.1 Å². The predicted molar refractivity (Wildman–Crippen MR) is 75.0 cm³/mol. The van der Waals surface area contributed by atoms with Gasteiger partial charge in [0.1, 0.15) is 11.6 Å². The average molecular weight is 324 g/mol. The number of carbonyl (C=O) groups excluding carboxylic acids is 1. The SMILES string of the molecule is COc1cccc(C(=O)Nc2ccc(F)cc2Br)c1. The Balaban J connectivity index is 2.20. The van der Waals surface area contributed by atoms with Crippen LogP contribution in [0.25, 0.3) is 0 Å². The van der Waals surface area contributed by atoms with Crippen LogP contribution in [0.1, 0.15) is 10.4 Å². The summed E-state index contributed by atoms with van der Waals surface area (Å²) < 4.78 is 18.5. The first-order chi connectivity index (χ1) is 9.10. The van der Waals surface area contributed by atoms with E-state index in [1.165, 1.54) is 25.3 Å². The maximum atomic E-state index is 12.9. The van der Waals surface area contributed by atoms with E-state index in [1.807, 2.05) is 0 Å². The number of amides is 1. The maximum Gasteiger partial charge on any atom is 0.255 e. The van der Waals surface area contributed by atoms with Gasteiger partial charge in [-0.15, -0.1) is 0 Å². The molecule has 1 N–H and O–H groups in total. The molecule has 1 amide bonds. The molecule has 0 bridgehead atoms. The van der Waals surface area contributed by atoms with Crippen LogP contribution in [0.15, 0.2) is 46.9 Å². The number of ether oxygens (including phenoxy) is 1. The largest absolute Gasteiger partial charge is 0.497 e. The van der Waals surface area contributed by atoms with Crippen molar-refractivity contribution in [3.05, 3.63) is 58.3 Å². The lowest BCUT2D eigenvalue weighted by Crippen LogP contribution is -2.12. The Bertz CT molecular complexity index is 616. The molecule has 5 heteroatoms. The van der Waals surface area contributed by atoms with Crippen LogP contribution in [0.5, 0.6) is 5.75 Å². The molecule has 98 valence electrons. The van der Waals surface area contributed by atoms with E-state index in [0.717, 1.165) is 0 Å². The van der Waals surface area contributed by atoms with Crippen molar-refractivity contribution in [2.45, 2.75) is 0 Å². The van der Waals surface area contributed by atoms with E-state index in [9.17, 15) is 9.18 Å². The molecule has 0 atom stereocenters. The second kappa shape index (κ2) is 5.84. The molecule has 2 rings (SSSR count). The average Bonchev–Trinajstić information content (AvgIpc) is 2.42. The van der Waals surface area contributed by atoms with Crippen molar-refractivity contribution in [3.8, 4) is 5.75 Å². The van der Waals surface area contributed by atoms with Crippen LogP contribution in [0, 0.1) is 5.82 Å². The van der Waals surface area contributed by atoms with Crippen LogP contribution in [0.2, 0.25) is 0 Å². The van der Waals surface area contributed by atoms with Gasteiger partial charge in [-0.25, -0.2) is 4.39 Å². The van der Waals surface area contributed by atoms with Crippen LogP contribution >= 0.6 is 15.9 Å². The highest BCUT2D eigenvalue weighted by Gasteiger charge is 2.09. The molecule has 0 aliphatic carbocycles. The Morgan fingerprint density at radius 3 is 2.74 bits per heavy atom. The van der Waals surface area contributed by atoms with Gasteiger partial charge in [-0.1, -0.05) is 6.07 Å². The summed E-state index contributed by atoms with van der Waals surface area (Å²) in [6.45, 7) is 0.